The predicted octanol–water partition coefficient (Wildman–Crippen LogP) is 4.30. The summed E-state index contributed by atoms with van der Waals surface area (Å²) in [7, 11) is 0. The molecule has 5 heteroatoms. The number of piperazine rings is 1. The lowest BCUT2D eigenvalue weighted by atomic mass is 9.88. The van der Waals surface area contributed by atoms with Gasteiger partial charge in [-0.05, 0) is 22.6 Å². The van der Waals surface area contributed by atoms with Crippen LogP contribution in [-0.4, -0.2) is 54.2 Å². The molecule has 1 fully saturated rings. The number of amides is 1. The second kappa shape index (κ2) is 9.83. The molecule has 30 heavy (non-hydrogen) atoms. The maximum atomic E-state index is 13.1. The zero-order chi connectivity index (χ0) is 20.8. The lowest BCUT2D eigenvalue weighted by Crippen LogP contribution is -2.50. The Morgan fingerprint density at radius 3 is 1.93 bits per heavy atom. The van der Waals surface area contributed by atoms with Gasteiger partial charge in [-0.15, -0.1) is 11.3 Å². The fraction of sp³-hybridized carbons (Fsp3) is 0.280. The molecule has 1 amide bonds. The predicted molar refractivity (Wildman–Crippen MR) is 121 cm³/mol. The van der Waals surface area contributed by atoms with Crippen LogP contribution in [0.15, 0.2) is 78.2 Å². The van der Waals surface area contributed by atoms with Crippen molar-refractivity contribution in [2.75, 3.05) is 32.7 Å². The van der Waals surface area contributed by atoms with E-state index in [9.17, 15) is 9.59 Å². The van der Waals surface area contributed by atoms with Crippen LogP contribution in [-0.2, 0) is 4.79 Å². The molecule has 0 radical (unpaired) electrons. The van der Waals surface area contributed by atoms with Gasteiger partial charge in [0.15, 0.2) is 5.78 Å². The molecule has 3 aromatic rings. The third-order valence-electron chi connectivity index (χ3n) is 5.67. The number of carbonyl (C=O) groups is 2. The van der Waals surface area contributed by atoms with Crippen molar-refractivity contribution in [2.24, 2.45) is 0 Å². The Bertz CT molecular complexity index is 910. The molecule has 2 heterocycles. The lowest BCUT2D eigenvalue weighted by molar-refractivity contribution is -0.133. The summed E-state index contributed by atoms with van der Waals surface area (Å²) in [4.78, 5) is 30.4. The first-order valence-corrected chi connectivity index (χ1v) is 11.3. The van der Waals surface area contributed by atoms with Crippen molar-refractivity contribution in [3.63, 3.8) is 0 Å². The van der Waals surface area contributed by atoms with E-state index < -0.39 is 0 Å². The Morgan fingerprint density at radius 1 is 0.800 bits per heavy atom. The second-order valence-corrected chi connectivity index (χ2v) is 8.58. The summed E-state index contributed by atoms with van der Waals surface area (Å²) in [5, 5.41) is 1.93. The molecule has 1 aliphatic rings. The number of ketones is 1. The minimum atomic E-state index is 0.0540. The number of nitrogens with zero attached hydrogens (tertiary/aromatic N) is 2. The van der Waals surface area contributed by atoms with Gasteiger partial charge in [0, 0.05) is 38.5 Å². The van der Waals surface area contributed by atoms with E-state index in [1.807, 2.05) is 58.8 Å². The number of hydrogen-bond donors (Lipinski definition) is 0. The van der Waals surface area contributed by atoms with E-state index in [2.05, 4.69) is 29.2 Å². The van der Waals surface area contributed by atoms with Crippen molar-refractivity contribution in [1.29, 1.82) is 0 Å². The highest BCUT2D eigenvalue weighted by Crippen LogP contribution is 2.28. The zero-order valence-electron chi connectivity index (χ0n) is 16.9. The Kier molecular flexibility index (Phi) is 6.72. The van der Waals surface area contributed by atoms with Crippen molar-refractivity contribution >= 4 is 23.0 Å². The fourth-order valence-electron chi connectivity index (χ4n) is 3.98. The highest BCUT2D eigenvalue weighted by Gasteiger charge is 2.26. The smallest absolute Gasteiger partial charge is 0.223 e. The maximum absolute atomic E-state index is 13.1. The Labute approximate surface area is 181 Å². The molecule has 4 nitrogen and oxygen atoms in total. The first-order valence-electron chi connectivity index (χ1n) is 10.4. The van der Waals surface area contributed by atoms with Gasteiger partial charge < -0.3 is 4.90 Å². The van der Waals surface area contributed by atoms with Gasteiger partial charge in [0.05, 0.1) is 11.4 Å². The van der Waals surface area contributed by atoms with Crippen molar-refractivity contribution in [3.8, 4) is 0 Å². The van der Waals surface area contributed by atoms with Gasteiger partial charge in [-0.3, -0.25) is 14.5 Å². The van der Waals surface area contributed by atoms with Gasteiger partial charge in [0.25, 0.3) is 0 Å². The van der Waals surface area contributed by atoms with Crippen LogP contribution >= 0.6 is 11.3 Å². The average Bonchev–Trinajstić information content (AvgIpc) is 3.34. The van der Waals surface area contributed by atoms with Crippen molar-refractivity contribution in [3.05, 3.63) is 94.2 Å². The number of carbonyl (C=O) groups excluding carboxylic acids is 2. The molecule has 0 bridgehead atoms. The summed E-state index contributed by atoms with van der Waals surface area (Å²) >= 11 is 1.49. The number of hydrogen-bond acceptors (Lipinski definition) is 4. The lowest BCUT2D eigenvalue weighted by Gasteiger charge is -2.35. The van der Waals surface area contributed by atoms with Crippen LogP contribution in [0.3, 0.4) is 0 Å². The molecule has 0 unspecified atom stereocenters. The fourth-order valence-corrected chi connectivity index (χ4v) is 4.63. The normalized spacial score (nSPS) is 14.8. The second-order valence-electron chi connectivity index (χ2n) is 7.64. The van der Waals surface area contributed by atoms with E-state index in [0.717, 1.165) is 29.1 Å². The first-order chi connectivity index (χ1) is 14.7. The molecule has 1 saturated heterocycles. The standard InChI is InChI=1S/C25H26N2O2S/c28-23(24-12-7-17-30-24)19-26-13-15-27(16-14-26)25(29)18-22(20-8-3-1-4-9-20)21-10-5-2-6-11-21/h1-12,17,22H,13-16,18-19H2. The molecule has 0 spiro atoms. The molecule has 154 valence electrons. The SMILES string of the molecule is O=C(CN1CCN(C(=O)CC(c2ccccc2)c2ccccc2)CC1)c1cccs1. The Balaban J connectivity index is 1.36. The average molecular weight is 419 g/mol. The van der Waals surface area contributed by atoms with Crippen LogP contribution in [0.5, 0.6) is 0 Å². The maximum Gasteiger partial charge on any atom is 0.223 e. The quantitative estimate of drug-likeness (QED) is 0.537. The molecule has 4 rings (SSSR count). The molecule has 0 aliphatic carbocycles. The molecule has 0 atom stereocenters. The van der Waals surface area contributed by atoms with Crippen LogP contribution in [0, 0.1) is 0 Å². The number of Topliss-reactive ketones (excluding diaryl/α,β-unsaturated/α-hetero) is 1. The molecule has 2 aromatic carbocycles. The third kappa shape index (κ3) is 5.04. The van der Waals surface area contributed by atoms with Crippen LogP contribution in [0.1, 0.15) is 33.1 Å². The Morgan fingerprint density at radius 2 is 1.40 bits per heavy atom. The van der Waals surface area contributed by atoms with Crippen molar-refractivity contribution in [2.45, 2.75) is 12.3 Å². The van der Waals surface area contributed by atoms with E-state index in [-0.39, 0.29) is 17.6 Å². The summed E-state index contributed by atoms with van der Waals surface area (Å²) in [6.45, 7) is 3.26. The first kappa shape index (κ1) is 20.5. The van der Waals surface area contributed by atoms with E-state index in [4.69, 9.17) is 0 Å². The summed E-state index contributed by atoms with van der Waals surface area (Å²) < 4.78 is 0. The molecule has 0 N–H and O–H groups in total. The van der Waals surface area contributed by atoms with E-state index in [1.165, 1.54) is 11.3 Å². The summed E-state index contributed by atoms with van der Waals surface area (Å²) in [6, 6.07) is 24.3. The molecule has 0 saturated carbocycles. The molecular formula is C25H26N2O2S. The van der Waals surface area contributed by atoms with Gasteiger partial charge in [-0.1, -0.05) is 66.7 Å². The largest absolute Gasteiger partial charge is 0.340 e. The molecule has 1 aliphatic heterocycles. The van der Waals surface area contributed by atoms with Crippen LogP contribution in [0.25, 0.3) is 0 Å². The van der Waals surface area contributed by atoms with Crippen molar-refractivity contribution < 1.29 is 9.59 Å². The minimum Gasteiger partial charge on any atom is -0.340 e. The van der Waals surface area contributed by atoms with Crippen molar-refractivity contribution in [1.82, 2.24) is 9.80 Å². The minimum absolute atomic E-state index is 0.0540. The highest BCUT2D eigenvalue weighted by atomic mass is 32.1. The monoisotopic (exact) mass is 418 g/mol. The van der Waals surface area contributed by atoms with Crippen LogP contribution < -0.4 is 0 Å². The van der Waals surface area contributed by atoms with Gasteiger partial charge in [0.2, 0.25) is 5.91 Å². The molecule has 1 aromatic heterocycles. The summed E-state index contributed by atoms with van der Waals surface area (Å²) in [6.07, 6.45) is 0.460. The van der Waals surface area contributed by atoms with E-state index in [1.54, 1.807) is 0 Å². The Hall–Kier alpha value is -2.76. The van der Waals surface area contributed by atoms with Gasteiger partial charge in [-0.25, -0.2) is 0 Å². The number of benzene rings is 2. The third-order valence-corrected chi connectivity index (χ3v) is 6.58. The van der Waals surface area contributed by atoms with Gasteiger partial charge in [-0.2, -0.15) is 0 Å². The topological polar surface area (TPSA) is 40.6 Å². The van der Waals surface area contributed by atoms with E-state index >= 15 is 0 Å². The summed E-state index contributed by atoms with van der Waals surface area (Å²) in [5.74, 6) is 0.397. The van der Waals surface area contributed by atoms with Crippen LogP contribution in [0.2, 0.25) is 0 Å². The zero-order valence-corrected chi connectivity index (χ0v) is 17.8. The number of thiophene rings is 1. The van der Waals surface area contributed by atoms with Gasteiger partial charge >= 0.3 is 0 Å². The van der Waals surface area contributed by atoms with Crippen LogP contribution in [0.4, 0.5) is 0 Å². The van der Waals surface area contributed by atoms with Gasteiger partial charge in [0.1, 0.15) is 0 Å². The van der Waals surface area contributed by atoms with E-state index in [0.29, 0.717) is 26.1 Å². The number of rotatable bonds is 7. The summed E-state index contributed by atoms with van der Waals surface area (Å²) in [5.41, 5.74) is 2.33. The molecular weight excluding hydrogens is 392 g/mol. The highest BCUT2D eigenvalue weighted by molar-refractivity contribution is 7.12.